The number of ether oxygens (including phenoxy) is 1. The van der Waals surface area contributed by atoms with Crippen LogP contribution in [0, 0.1) is 5.92 Å². The molecule has 3 rings (SSSR count). The second-order valence-corrected chi connectivity index (χ2v) is 7.18. The van der Waals surface area contributed by atoms with Crippen LogP contribution in [-0.2, 0) is 9.59 Å². The molecule has 1 unspecified atom stereocenters. The number of methoxy groups -OCH3 is 1. The lowest BCUT2D eigenvalue weighted by molar-refractivity contribution is -0.131. The minimum absolute atomic E-state index is 0.383. The molecular formula is C22H27N3O4. The molecule has 1 aromatic carbocycles. The fourth-order valence-electron chi connectivity index (χ4n) is 3.73. The van der Waals surface area contributed by atoms with Gasteiger partial charge in [-0.2, -0.15) is 0 Å². The number of amides is 4. The first-order valence-electron chi connectivity index (χ1n) is 10.1. The Morgan fingerprint density at radius 3 is 2.59 bits per heavy atom. The number of carbonyl (C=O) groups is 3. The van der Waals surface area contributed by atoms with Gasteiger partial charge in [-0.1, -0.05) is 18.6 Å². The molecule has 29 heavy (non-hydrogen) atoms. The Bertz CT molecular complexity index is 842. The van der Waals surface area contributed by atoms with Gasteiger partial charge in [0.1, 0.15) is 5.75 Å². The maximum absolute atomic E-state index is 13.1. The third-order valence-electron chi connectivity index (χ3n) is 5.32. The van der Waals surface area contributed by atoms with Crippen LogP contribution in [0.4, 0.5) is 10.5 Å². The Balaban J connectivity index is 1.78. The highest BCUT2D eigenvalue weighted by Gasteiger charge is 2.43. The SMILES string of the molecule is CCC(=NCCC1=CCCCC1)C1C(=O)NC(=O)N(c2ccc(OC)cc2)C1=O. The topological polar surface area (TPSA) is 88.1 Å². The third-order valence-corrected chi connectivity index (χ3v) is 5.32. The van der Waals surface area contributed by atoms with Crippen molar-refractivity contribution >= 4 is 29.2 Å². The van der Waals surface area contributed by atoms with E-state index in [9.17, 15) is 14.4 Å². The van der Waals surface area contributed by atoms with Gasteiger partial charge in [-0.15, -0.1) is 0 Å². The molecule has 1 saturated heterocycles. The number of hydrogen-bond acceptors (Lipinski definition) is 5. The summed E-state index contributed by atoms with van der Waals surface area (Å²) in [4.78, 5) is 43.5. The Morgan fingerprint density at radius 1 is 1.21 bits per heavy atom. The van der Waals surface area contributed by atoms with Gasteiger partial charge in [0.15, 0.2) is 5.92 Å². The van der Waals surface area contributed by atoms with Crippen molar-refractivity contribution in [3.05, 3.63) is 35.9 Å². The van der Waals surface area contributed by atoms with Gasteiger partial charge in [0, 0.05) is 12.3 Å². The van der Waals surface area contributed by atoms with Crippen LogP contribution in [0.15, 0.2) is 40.9 Å². The summed E-state index contributed by atoms with van der Waals surface area (Å²) in [6, 6.07) is 5.80. The minimum atomic E-state index is -1.08. The van der Waals surface area contributed by atoms with Gasteiger partial charge in [0.05, 0.1) is 12.8 Å². The number of nitrogens with zero attached hydrogens (tertiary/aromatic N) is 2. The van der Waals surface area contributed by atoms with Gasteiger partial charge >= 0.3 is 6.03 Å². The van der Waals surface area contributed by atoms with E-state index in [1.165, 1.54) is 25.5 Å². The summed E-state index contributed by atoms with van der Waals surface area (Å²) >= 11 is 0. The lowest BCUT2D eigenvalue weighted by atomic mass is 9.95. The molecule has 1 aromatic rings. The third kappa shape index (κ3) is 4.72. The molecule has 0 bridgehead atoms. The van der Waals surface area contributed by atoms with Crippen LogP contribution in [0.2, 0.25) is 0 Å². The first kappa shape index (κ1) is 20.8. The van der Waals surface area contributed by atoms with Crippen molar-refractivity contribution in [2.45, 2.75) is 45.4 Å². The van der Waals surface area contributed by atoms with E-state index in [1.54, 1.807) is 24.3 Å². The predicted octanol–water partition coefficient (Wildman–Crippen LogP) is 3.64. The van der Waals surface area contributed by atoms with Crippen molar-refractivity contribution < 1.29 is 19.1 Å². The van der Waals surface area contributed by atoms with Crippen molar-refractivity contribution in [1.82, 2.24) is 5.32 Å². The molecule has 1 atom stereocenters. The molecule has 1 heterocycles. The summed E-state index contributed by atoms with van der Waals surface area (Å²) in [5, 5.41) is 2.30. The maximum atomic E-state index is 13.1. The molecule has 2 aliphatic rings. The molecule has 0 radical (unpaired) electrons. The van der Waals surface area contributed by atoms with Gasteiger partial charge in [0.25, 0.3) is 5.91 Å². The number of barbiturate groups is 1. The van der Waals surface area contributed by atoms with Crippen LogP contribution in [0.1, 0.15) is 45.4 Å². The van der Waals surface area contributed by atoms with Crippen LogP contribution in [0.3, 0.4) is 0 Å². The van der Waals surface area contributed by atoms with Crippen molar-refractivity contribution in [2.75, 3.05) is 18.6 Å². The van der Waals surface area contributed by atoms with Crippen molar-refractivity contribution in [1.29, 1.82) is 0 Å². The zero-order valence-electron chi connectivity index (χ0n) is 16.9. The van der Waals surface area contributed by atoms with E-state index in [2.05, 4.69) is 16.4 Å². The molecule has 0 aromatic heterocycles. The predicted molar refractivity (Wildman–Crippen MR) is 111 cm³/mol. The largest absolute Gasteiger partial charge is 0.497 e. The lowest BCUT2D eigenvalue weighted by Gasteiger charge is -2.30. The van der Waals surface area contributed by atoms with Crippen molar-refractivity contribution in [2.24, 2.45) is 10.9 Å². The number of imide groups is 2. The second-order valence-electron chi connectivity index (χ2n) is 7.18. The molecule has 7 nitrogen and oxygen atoms in total. The quantitative estimate of drug-likeness (QED) is 0.432. The Hall–Kier alpha value is -2.96. The molecule has 0 saturated carbocycles. The van der Waals surface area contributed by atoms with E-state index in [1.807, 2.05) is 6.92 Å². The highest BCUT2D eigenvalue weighted by molar-refractivity contribution is 6.35. The Kier molecular flexibility index (Phi) is 6.80. The number of hydrogen-bond donors (Lipinski definition) is 1. The summed E-state index contributed by atoms with van der Waals surface area (Å²) < 4.78 is 5.12. The standard InChI is InChI=1S/C22H27N3O4/c1-3-18(23-14-13-15-7-5-4-6-8-15)19-20(26)24-22(28)25(21(19)27)16-9-11-17(29-2)12-10-16/h7,9-12,19H,3-6,8,13-14H2,1-2H3,(H,24,26,28). The molecule has 4 amide bonds. The summed E-state index contributed by atoms with van der Waals surface area (Å²) in [6.45, 7) is 2.41. The number of anilines is 1. The first-order valence-corrected chi connectivity index (χ1v) is 10.1. The van der Waals surface area contributed by atoms with Crippen LogP contribution in [-0.4, -0.2) is 37.2 Å². The number of rotatable bonds is 7. The smallest absolute Gasteiger partial charge is 0.335 e. The molecule has 1 N–H and O–H groups in total. The number of benzene rings is 1. The van der Waals surface area contributed by atoms with Crippen LogP contribution in [0.5, 0.6) is 5.75 Å². The second kappa shape index (κ2) is 9.49. The van der Waals surface area contributed by atoms with Crippen LogP contribution in [0.25, 0.3) is 0 Å². The van der Waals surface area contributed by atoms with Crippen LogP contribution < -0.4 is 15.0 Å². The molecule has 1 fully saturated rings. The molecular weight excluding hydrogens is 370 g/mol. The Morgan fingerprint density at radius 2 is 1.97 bits per heavy atom. The first-order chi connectivity index (χ1) is 14.0. The van der Waals surface area contributed by atoms with Gasteiger partial charge in [-0.05, 0) is 62.8 Å². The fourth-order valence-corrected chi connectivity index (χ4v) is 3.73. The van der Waals surface area contributed by atoms with E-state index in [4.69, 9.17) is 4.74 Å². The van der Waals surface area contributed by atoms with Crippen molar-refractivity contribution in [3.63, 3.8) is 0 Å². The van der Waals surface area contributed by atoms with Gasteiger partial charge < -0.3 is 4.74 Å². The van der Waals surface area contributed by atoms with E-state index >= 15 is 0 Å². The fraction of sp³-hybridized carbons (Fsp3) is 0.455. The van der Waals surface area contributed by atoms with E-state index in [-0.39, 0.29) is 0 Å². The van der Waals surface area contributed by atoms with Gasteiger partial charge in [-0.25, -0.2) is 9.69 Å². The zero-order valence-corrected chi connectivity index (χ0v) is 16.9. The molecule has 7 heteroatoms. The zero-order chi connectivity index (χ0) is 20.8. The average molecular weight is 397 g/mol. The molecule has 0 spiro atoms. The summed E-state index contributed by atoms with van der Waals surface area (Å²) in [5.41, 5.74) is 2.29. The van der Waals surface area contributed by atoms with E-state index in [0.29, 0.717) is 30.1 Å². The Labute approximate surface area is 170 Å². The highest BCUT2D eigenvalue weighted by atomic mass is 16.5. The maximum Gasteiger partial charge on any atom is 0.335 e. The van der Waals surface area contributed by atoms with Crippen LogP contribution >= 0.6 is 0 Å². The summed E-state index contributed by atoms with van der Waals surface area (Å²) in [7, 11) is 1.54. The van der Waals surface area contributed by atoms with Crippen molar-refractivity contribution in [3.8, 4) is 5.75 Å². The van der Waals surface area contributed by atoms with Gasteiger partial charge in [-0.3, -0.25) is 19.9 Å². The number of allylic oxidation sites excluding steroid dienone is 1. The number of nitrogens with one attached hydrogen (secondary N) is 1. The summed E-state index contributed by atoms with van der Waals surface area (Å²) in [5.74, 6) is -1.65. The van der Waals surface area contributed by atoms with E-state index in [0.717, 1.165) is 24.2 Å². The lowest BCUT2D eigenvalue weighted by Crippen LogP contribution is -2.60. The molecule has 154 valence electrons. The normalized spacial score (nSPS) is 20.4. The molecule has 1 aliphatic heterocycles. The number of urea groups is 1. The highest BCUT2D eigenvalue weighted by Crippen LogP contribution is 2.25. The monoisotopic (exact) mass is 397 g/mol. The van der Waals surface area contributed by atoms with E-state index < -0.39 is 23.8 Å². The average Bonchev–Trinajstić information content (AvgIpc) is 2.73. The number of carbonyl (C=O) groups excluding carboxylic acids is 3. The minimum Gasteiger partial charge on any atom is -0.497 e. The summed E-state index contributed by atoms with van der Waals surface area (Å²) in [6.07, 6.45) is 8.23. The van der Waals surface area contributed by atoms with Gasteiger partial charge in [0.2, 0.25) is 5.91 Å². The molecule has 1 aliphatic carbocycles. The number of aliphatic imine (C=N–C) groups is 1.